The molecule has 6 aromatic heterocycles. The van der Waals surface area contributed by atoms with Crippen molar-refractivity contribution in [2.75, 3.05) is 16.0 Å². The van der Waals surface area contributed by atoms with Gasteiger partial charge in [-0.05, 0) is 102 Å². The number of aryl methyl sites for hydroxylation is 1. The molecule has 0 saturated carbocycles. The number of pyridine rings is 3. The molecule has 15 nitrogen and oxygen atoms in total. The largest absolute Gasteiger partial charge is 0.360 e. The van der Waals surface area contributed by atoms with Crippen LogP contribution in [0.15, 0.2) is 207 Å². The van der Waals surface area contributed by atoms with Gasteiger partial charge in [0.05, 0.1) is 28.6 Å². The van der Waals surface area contributed by atoms with Gasteiger partial charge < -0.3 is 30.1 Å². The number of nitrogens with one attached hydrogen (secondary N) is 4. The smallest absolute Gasteiger partial charge is 0.296 e. The highest BCUT2D eigenvalue weighted by atomic mass is 19.1. The SMILES string of the molecule is Cc1cccc2[nH]cc(C(=O)C(=O)Nc3ccncc3)c12.O=C(Nc1cccnc1)C(=O)c1cn(Cc2ccc(F)cc2)c2ccccc12.O=C(Nc1ccncc1)C(=O)c1cn(Cc2ccc(F)cc2)c2ccccc12. The summed E-state index contributed by atoms with van der Waals surface area (Å²) in [5, 5.41) is 9.90. The highest BCUT2D eigenvalue weighted by Crippen LogP contribution is 2.26. The molecule has 0 spiro atoms. The number of para-hydroxylation sites is 2. The summed E-state index contributed by atoms with van der Waals surface area (Å²) in [7, 11) is 0. The molecule has 6 heterocycles. The predicted octanol–water partition coefficient (Wildman–Crippen LogP) is 10.8. The summed E-state index contributed by atoms with van der Waals surface area (Å²) in [5.41, 5.74) is 7.75. The minimum absolute atomic E-state index is 0.301. The van der Waals surface area contributed by atoms with Crippen LogP contribution in [0.25, 0.3) is 32.7 Å². The van der Waals surface area contributed by atoms with Crippen LogP contribution in [0.4, 0.5) is 25.8 Å². The molecular weight excluding hydrogens is 981 g/mol. The first-order valence-electron chi connectivity index (χ1n) is 23.9. The summed E-state index contributed by atoms with van der Waals surface area (Å²) in [6, 6.07) is 42.7. The molecule has 0 unspecified atom stereocenters. The van der Waals surface area contributed by atoms with Gasteiger partial charge in [0.25, 0.3) is 35.1 Å². The number of carbonyl (C=O) groups excluding carboxylic acids is 6. The fourth-order valence-electron chi connectivity index (χ4n) is 8.47. The number of carbonyl (C=O) groups is 6. The molecule has 0 radical (unpaired) electrons. The molecule has 0 atom stereocenters. The van der Waals surface area contributed by atoms with Crippen LogP contribution < -0.4 is 16.0 Å². The predicted molar refractivity (Wildman–Crippen MR) is 290 cm³/mol. The van der Waals surface area contributed by atoms with Gasteiger partial charge in [0.2, 0.25) is 0 Å². The quantitative estimate of drug-likeness (QED) is 0.0640. The molecule has 0 saturated heterocycles. The third-order valence-electron chi connectivity index (χ3n) is 12.2. The highest BCUT2D eigenvalue weighted by Gasteiger charge is 2.24. The maximum Gasteiger partial charge on any atom is 0.296 e. The Morgan fingerprint density at radius 3 is 1.39 bits per heavy atom. The number of hydrogen-bond donors (Lipinski definition) is 4. The van der Waals surface area contributed by atoms with E-state index in [1.165, 1.54) is 42.9 Å². The van der Waals surface area contributed by atoms with Crippen LogP contribution in [0.2, 0.25) is 0 Å². The number of halogens is 2. The van der Waals surface area contributed by atoms with E-state index in [1.54, 1.807) is 104 Å². The van der Waals surface area contributed by atoms with Crippen LogP contribution in [-0.2, 0) is 27.5 Å². The molecule has 77 heavy (non-hydrogen) atoms. The summed E-state index contributed by atoms with van der Waals surface area (Å²) in [6.45, 7) is 2.83. The van der Waals surface area contributed by atoms with E-state index in [2.05, 4.69) is 35.9 Å². The number of H-pyrrole nitrogens is 1. The number of rotatable bonds is 13. The average molecular weight is 1030 g/mol. The Morgan fingerprint density at radius 1 is 0.468 bits per heavy atom. The lowest BCUT2D eigenvalue weighted by Crippen LogP contribution is -2.22. The molecule has 0 fully saturated rings. The molecule has 3 amide bonds. The normalized spacial score (nSPS) is 10.7. The average Bonchev–Trinajstić information content (AvgIpc) is 4.18. The van der Waals surface area contributed by atoms with Crippen LogP contribution >= 0.6 is 0 Å². The molecule has 4 N–H and O–H groups in total. The van der Waals surface area contributed by atoms with E-state index in [-0.39, 0.29) is 11.6 Å². The van der Waals surface area contributed by atoms with Crippen molar-refractivity contribution in [3.8, 4) is 0 Å². The number of hydrogen-bond acceptors (Lipinski definition) is 9. The minimum Gasteiger partial charge on any atom is -0.360 e. The van der Waals surface area contributed by atoms with E-state index < -0.39 is 35.1 Å². The lowest BCUT2D eigenvalue weighted by atomic mass is 10.0. The van der Waals surface area contributed by atoms with Gasteiger partial charge in [0.1, 0.15) is 11.6 Å². The maximum atomic E-state index is 13.2. The van der Waals surface area contributed by atoms with Gasteiger partial charge in [-0.25, -0.2) is 8.78 Å². The van der Waals surface area contributed by atoms with Crippen LogP contribution in [0, 0.1) is 18.6 Å². The van der Waals surface area contributed by atoms with E-state index in [1.807, 2.05) is 76.7 Å². The summed E-state index contributed by atoms with van der Waals surface area (Å²) >= 11 is 0. The molecule has 0 aliphatic heterocycles. The van der Waals surface area contributed by atoms with Crippen molar-refractivity contribution in [2.24, 2.45) is 0 Å². The van der Waals surface area contributed by atoms with Gasteiger partial charge >= 0.3 is 0 Å². The second kappa shape index (κ2) is 23.5. The molecule has 11 rings (SSSR count). The van der Waals surface area contributed by atoms with E-state index >= 15 is 0 Å². The fraction of sp³-hybridized carbons (Fsp3) is 0.0500. The summed E-state index contributed by atoms with van der Waals surface area (Å²) in [4.78, 5) is 89.5. The first kappa shape index (κ1) is 51.4. The standard InChI is InChI=1S/2C22H16FN3O2.C16H13N3O2/c23-16-9-7-15(8-10-16)13-26-14-19(18-5-1-2-6-20(18)26)21(27)22(28)25-17-4-3-11-24-12-17;23-16-7-5-15(6-8-16)13-26-14-19(18-3-1-2-4-20(18)26)21(27)22(28)25-17-9-11-24-12-10-17;1-10-3-2-4-13-14(10)12(9-18-13)15(20)16(21)19-11-5-7-17-8-6-11/h1-12,14H,13H2,(H,25,28);1-12,14H,13H2,(H,24,25,28);2-9,18H,1H3,(H,17,19,21). The van der Waals surface area contributed by atoms with E-state index in [0.29, 0.717) is 57.6 Å². The number of Topliss-reactive ketones (excluding diaryl/α,β-unsaturated/α-hetero) is 3. The topological polar surface area (TPSA) is 203 Å². The molecule has 11 aromatic rings. The lowest BCUT2D eigenvalue weighted by Gasteiger charge is -2.05. The van der Waals surface area contributed by atoms with Crippen molar-refractivity contribution < 1.29 is 37.5 Å². The van der Waals surface area contributed by atoms with Crippen molar-refractivity contribution in [1.82, 2.24) is 29.1 Å². The zero-order valence-corrected chi connectivity index (χ0v) is 41.0. The Bertz CT molecular complexity index is 3750. The van der Waals surface area contributed by atoms with E-state index in [0.717, 1.165) is 38.6 Å². The highest BCUT2D eigenvalue weighted by molar-refractivity contribution is 6.49. The van der Waals surface area contributed by atoms with Gasteiger partial charge in [0, 0.05) is 107 Å². The molecule has 0 aliphatic rings. The number of nitrogens with zero attached hydrogens (tertiary/aromatic N) is 5. The Hall–Kier alpha value is -10.6. The number of benzene rings is 5. The first-order chi connectivity index (χ1) is 37.4. The molecule has 0 bridgehead atoms. The monoisotopic (exact) mass is 1030 g/mol. The Kier molecular flexibility index (Phi) is 15.7. The van der Waals surface area contributed by atoms with Crippen LogP contribution in [0.3, 0.4) is 0 Å². The second-order valence-corrected chi connectivity index (χ2v) is 17.4. The Morgan fingerprint density at radius 2 is 0.922 bits per heavy atom. The van der Waals surface area contributed by atoms with Crippen molar-refractivity contribution in [3.05, 3.63) is 252 Å². The van der Waals surface area contributed by atoms with Crippen molar-refractivity contribution >= 4 is 84.8 Å². The van der Waals surface area contributed by atoms with Crippen LogP contribution in [-0.4, -0.2) is 64.1 Å². The fourth-order valence-corrected chi connectivity index (χ4v) is 8.47. The van der Waals surface area contributed by atoms with Crippen LogP contribution in [0.5, 0.6) is 0 Å². The molecule has 5 aromatic carbocycles. The van der Waals surface area contributed by atoms with Gasteiger partial charge in [-0.2, -0.15) is 0 Å². The van der Waals surface area contributed by atoms with Crippen molar-refractivity contribution in [2.45, 2.75) is 20.0 Å². The van der Waals surface area contributed by atoms with Crippen LogP contribution in [0.1, 0.15) is 47.8 Å². The molecule has 0 aliphatic carbocycles. The van der Waals surface area contributed by atoms with Crippen molar-refractivity contribution in [1.29, 1.82) is 0 Å². The first-order valence-corrected chi connectivity index (χ1v) is 23.9. The zero-order chi connectivity index (χ0) is 53.8. The number of fused-ring (bicyclic) bond motifs is 3. The third kappa shape index (κ3) is 12.3. The van der Waals surface area contributed by atoms with E-state index in [4.69, 9.17) is 0 Å². The third-order valence-corrected chi connectivity index (χ3v) is 12.2. The second-order valence-electron chi connectivity index (χ2n) is 17.4. The number of aromatic amines is 1. The molecule has 380 valence electrons. The Balaban J connectivity index is 0.000000142. The maximum absolute atomic E-state index is 13.2. The zero-order valence-electron chi connectivity index (χ0n) is 41.0. The molecule has 17 heteroatoms. The van der Waals surface area contributed by atoms with Crippen molar-refractivity contribution in [3.63, 3.8) is 0 Å². The van der Waals surface area contributed by atoms with Gasteiger partial charge in [-0.3, -0.25) is 43.7 Å². The summed E-state index contributed by atoms with van der Waals surface area (Å²) < 4.78 is 30.1. The summed E-state index contributed by atoms with van der Waals surface area (Å²) in [5.74, 6) is -4.51. The van der Waals surface area contributed by atoms with E-state index in [9.17, 15) is 37.5 Å². The lowest BCUT2D eigenvalue weighted by molar-refractivity contribution is -0.113. The van der Waals surface area contributed by atoms with Gasteiger partial charge in [0.15, 0.2) is 0 Å². The summed E-state index contributed by atoms with van der Waals surface area (Å²) in [6.07, 6.45) is 14.1. The minimum atomic E-state index is -0.724. The molecular formula is C60H45F2N9O6. The number of ketones is 3. The number of amides is 3. The Labute approximate surface area is 438 Å². The van der Waals surface area contributed by atoms with Gasteiger partial charge in [-0.15, -0.1) is 0 Å². The van der Waals surface area contributed by atoms with Gasteiger partial charge in [-0.1, -0.05) is 72.8 Å². The number of anilines is 3. The number of aromatic nitrogens is 6.